The van der Waals surface area contributed by atoms with Crippen LogP contribution in [0, 0.1) is 20.8 Å². The molecule has 0 aliphatic rings. The summed E-state index contributed by atoms with van der Waals surface area (Å²) in [5.74, 6) is 0.312. The number of hydrogen-bond donors (Lipinski definition) is 2. The highest BCUT2D eigenvalue weighted by atomic mass is 32.2. The highest BCUT2D eigenvalue weighted by Crippen LogP contribution is 2.23. The van der Waals surface area contributed by atoms with Crippen molar-refractivity contribution in [1.82, 2.24) is 4.72 Å². The molecule has 0 fully saturated rings. The smallest absolute Gasteiger partial charge is 0.240 e. The molecule has 22 heavy (non-hydrogen) atoms. The summed E-state index contributed by atoms with van der Waals surface area (Å²) in [5.41, 5.74) is 1.21. The fraction of sp³-hybridized carbons (Fsp3) is 0.375. The summed E-state index contributed by atoms with van der Waals surface area (Å²) >= 11 is 0. The fourth-order valence-corrected chi connectivity index (χ4v) is 3.65. The second-order valence-electron chi connectivity index (χ2n) is 5.78. The van der Waals surface area contributed by atoms with Gasteiger partial charge in [-0.05, 0) is 62.6 Å². The van der Waals surface area contributed by atoms with E-state index in [0.717, 1.165) is 11.1 Å². The third kappa shape index (κ3) is 3.40. The number of sulfonamides is 1. The Morgan fingerprint density at radius 2 is 1.82 bits per heavy atom. The van der Waals surface area contributed by atoms with Crippen LogP contribution in [-0.2, 0) is 15.6 Å². The zero-order valence-corrected chi connectivity index (χ0v) is 14.0. The van der Waals surface area contributed by atoms with Crippen molar-refractivity contribution in [1.29, 1.82) is 0 Å². The Morgan fingerprint density at radius 1 is 1.18 bits per heavy atom. The molecule has 0 radical (unpaired) electrons. The van der Waals surface area contributed by atoms with Crippen LogP contribution in [0.25, 0.3) is 0 Å². The molecule has 0 amide bonds. The number of furan rings is 1. The molecule has 1 unspecified atom stereocenters. The Hall–Kier alpha value is -1.63. The Labute approximate surface area is 131 Å². The third-order valence-corrected chi connectivity index (χ3v) is 5.28. The molecule has 2 N–H and O–H groups in total. The van der Waals surface area contributed by atoms with Crippen LogP contribution in [-0.4, -0.2) is 20.1 Å². The zero-order chi connectivity index (χ0) is 16.5. The number of aryl methyl sites for hydroxylation is 3. The monoisotopic (exact) mass is 323 g/mol. The van der Waals surface area contributed by atoms with Crippen molar-refractivity contribution in [2.75, 3.05) is 6.54 Å². The van der Waals surface area contributed by atoms with E-state index in [1.807, 2.05) is 19.9 Å². The van der Waals surface area contributed by atoms with E-state index >= 15 is 0 Å². The van der Waals surface area contributed by atoms with E-state index in [0.29, 0.717) is 11.3 Å². The van der Waals surface area contributed by atoms with Crippen LogP contribution in [0.2, 0.25) is 0 Å². The summed E-state index contributed by atoms with van der Waals surface area (Å²) in [6.07, 6.45) is 1.44. The molecule has 0 saturated carbocycles. The van der Waals surface area contributed by atoms with Gasteiger partial charge in [0.15, 0.2) is 0 Å². The molecule has 6 heteroatoms. The van der Waals surface area contributed by atoms with E-state index < -0.39 is 15.6 Å². The third-order valence-electron chi connectivity index (χ3n) is 3.74. The molecule has 0 aliphatic carbocycles. The Bertz CT molecular complexity index is 762. The molecular weight excluding hydrogens is 302 g/mol. The van der Waals surface area contributed by atoms with Gasteiger partial charge in [-0.15, -0.1) is 0 Å². The lowest BCUT2D eigenvalue weighted by Gasteiger charge is -2.21. The molecular formula is C16H21NO4S. The van der Waals surface area contributed by atoms with E-state index in [2.05, 4.69) is 4.72 Å². The second-order valence-corrected chi connectivity index (χ2v) is 7.51. The summed E-state index contributed by atoms with van der Waals surface area (Å²) in [6, 6.07) is 6.74. The minimum atomic E-state index is -3.71. The number of nitrogens with one attached hydrogen (secondary N) is 1. The van der Waals surface area contributed by atoms with Crippen LogP contribution >= 0.6 is 0 Å². The van der Waals surface area contributed by atoms with E-state index in [1.54, 1.807) is 25.1 Å². The first-order valence-corrected chi connectivity index (χ1v) is 8.46. The van der Waals surface area contributed by atoms with Crippen molar-refractivity contribution < 1.29 is 17.9 Å². The van der Waals surface area contributed by atoms with Crippen LogP contribution < -0.4 is 4.72 Å². The van der Waals surface area contributed by atoms with Crippen molar-refractivity contribution in [3.8, 4) is 0 Å². The Balaban J connectivity index is 2.24. The predicted molar refractivity (Wildman–Crippen MR) is 84.1 cm³/mol. The lowest BCUT2D eigenvalue weighted by Crippen LogP contribution is -2.38. The lowest BCUT2D eigenvalue weighted by atomic mass is 10.1. The van der Waals surface area contributed by atoms with Gasteiger partial charge in [0.25, 0.3) is 0 Å². The SMILES string of the molecule is Cc1cc(C)c(S(=O)(=O)NCC(C)(O)c2ccco2)cc1C. The fourth-order valence-electron chi connectivity index (χ4n) is 2.21. The van der Waals surface area contributed by atoms with Gasteiger partial charge < -0.3 is 9.52 Å². The van der Waals surface area contributed by atoms with Gasteiger partial charge in [-0.25, -0.2) is 13.1 Å². The second kappa shape index (κ2) is 5.87. The first-order valence-electron chi connectivity index (χ1n) is 6.97. The van der Waals surface area contributed by atoms with E-state index in [9.17, 15) is 13.5 Å². The van der Waals surface area contributed by atoms with E-state index in [-0.39, 0.29) is 11.4 Å². The quantitative estimate of drug-likeness (QED) is 0.885. The van der Waals surface area contributed by atoms with Crippen molar-refractivity contribution in [3.05, 3.63) is 53.0 Å². The average molecular weight is 323 g/mol. The number of rotatable bonds is 5. The zero-order valence-electron chi connectivity index (χ0n) is 13.2. The molecule has 2 aromatic rings. The van der Waals surface area contributed by atoms with Gasteiger partial charge >= 0.3 is 0 Å². The summed E-state index contributed by atoms with van der Waals surface area (Å²) < 4.78 is 32.6. The van der Waals surface area contributed by atoms with Crippen LogP contribution in [0.5, 0.6) is 0 Å². The summed E-state index contributed by atoms with van der Waals surface area (Å²) in [7, 11) is -3.71. The van der Waals surface area contributed by atoms with Crippen molar-refractivity contribution in [2.24, 2.45) is 0 Å². The van der Waals surface area contributed by atoms with Crippen LogP contribution in [0.3, 0.4) is 0 Å². The van der Waals surface area contributed by atoms with Gasteiger partial charge in [0.05, 0.1) is 11.2 Å². The normalized spacial score (nSPS) is 14.8. The number of hydrogen-bond acceptors (Lipinski definition) is 4. The Kier molecular flexibility index (Phi) is 4.47. The van der Waals surface area contributed by atoms with Crippen molar-refractivity contribution >= 4 is 10.0 Å². The minimum absolute atomic E-state index is 0.171. The van der Waals surface area contributed by atoms with Crippen LogP contribution in [0.1, 0.15) is 29.4 Å². The molecule has 5 nitrogen and oxygen atoms in total. The predicted octanol–water partition coefficient (Wildman–Crippen LogP) is 2.39. The first kappa shape index (κ1) is 16.7. The molecule has 0 aliphatic heterocycles. The van der Waals surface area contributed by atoms with E-state index in [4.69, 9.17) is 4.42 Å². The lowest BCUT2D eigenvalue weighted by molar-refractivity contribution is 0.0395. The van der Waals surface area contributed by atoms with Gasteiger partial charge in [-0.3, -0.25) is 0 Å². The van der Waals surface area contributed by atoms with Gasteiger partial charge in [0.2, 0.25) is 10.0 Å². The molecule has 1 atom stereocenters. The molecule has 2 rings (SSSR count). The molecule has 0 spiro atoms. The molecule has 0 saturated heterocycles. The summed E-state index contributed by atoms with van der Waals surface area (Å²) in [5, 5.41) is 10.3. The topological polar surface area (TPSA) is 79.5 Å². The van der Waals surface area contributed by atoms with Crippen molar-refractivity contribution in [3.63, 3.8) is 0 Å². The highest BCUT2D eigenvalue weighted by Gasteiger charge is 2.29. The molecule has 1 aromatic carbocycles. The average Bonchev–Trinajstić information content (AvgIpc) is 2.95. The maximum atomic E-state index is 12.5. The first-order chi connectivity index (χ1) is 10.1. The highest BCUT2D eigenvalue weighted by molar-refractivity contribution is 7.89. The summed E-state index contributed by atoms with van der Waals surface area (Å²) in [6.45, 7) is 6.89. The number of benzene rings is 1. The van der Waals surface area contributed by atoms with Gasteiger partial charge in [-0.2, -0.15) is 0 Å². The standard InChI is InChI=1S/C16H21NO4S/c1-11-8-13(3)14(9-12(11)2)22(19,20)17-10-16(4,18)15-6-5-7-21-15/h5-9,17-18H,10H2,1-4H3. The molecule has 1 aromatic heterocycles. The molecule has 120 valence electrons. The van der Waals surface area contributed by atoms with Crippen LogP contribution in [0.4, 0.5) is 0 Å². The number of aliphatic hydroxyl groups is 1. The Morgan fingerprint density at radius 3 is 2.41 bits per heavy atom. The van der Waals surface area contributed by atoms with Gasteiger partial charge in [-0.1, -0.05) is 6.07 Å². The maximum Gasteiger partial charge on any atom is 0.240 e. The van der Waals surface area contributed by atoms with Gasteiger partial charge in [0.1, 0.15) is 11.4 Å². The van der Waals surface area contributed by atoms with Gasteiger partial charge in [0, 0.05) is 6.54 Å². The summed E-state index contributed by atoms with van der Waals surface area (Å²) in [4.78, 5) is 0.228. The minimum Gasteiger partial charge on any atom is -0.466 e. The van der Waals surface area contributed by atoms with Crippen molar-refractivity contribution in [2.45, 2.75) is 38.2 Å². The maximum absolute atomic E-state index is 12.5. The van der Waals surface area contributed by atoms with Crippen LogP contribution in [0.15, 0.2) is 39.8 Å². The molecule has 0 bridgehead atoms. The molecule has 1 heterocycles. The largest absolute Gasteiger partial charge is 0.466 e. The van der Waals surface area contributed by atoms with E-state index in [1.165, 1.54) is 13.2 Å².